The van der Waals surface area contributed by atoms with Gasteiger partial charge in [-0.2, -0.15) is 0 Å². The van der Waals surface area contributed by atoms with E-state index in [4.69, 9.17) is 4.42 Å². The summed E-state index contributed by atoms with van der Waals surface area (Å²) in [5.74, 6) is -0.995. The van der Waals surface area contributed by atoms with Gasteiger partial charge >= 0.3 is 0 Å². The number of hydrogen-bond donors (Lipinski definition) is 2. The van der Waals surface area contributed by atoms with E-state index in [1.165, 1.54) is 29.7 Å². The average molecular weight is 464 g/mol. The predicted octanol–water partition coefficient (Wildman–Crippen LogP) is 4.75. The van der Waals surface area contributed by atoms with E-state index in [2.05, 4.69) is 15.6 Å². The fraction of sp³-hybridized carbons (Fsp3) is 0.160. The van der Waals surface area contributed by atoms with Crippen LogP contribution in [0.3, 0.4) is 0 Å². The van der Waals surface area contributed by atoms with Crippen molar-refractivity contribution in [2.75, 3.05) is 5.32 Å². The molecule has 1 unspecified atom stereocenters. The number of nitrogens with zero attached hydrogens (tertiary/aromatic N) is 1. The highest BCUT2D eigenvalue weighted by Gasteiger charge is 2.24. The summed E-state index contributed by atoms with van der Waals surface area (Å²) in [6.07, 6.45) is 2.30. The number of furan rings is 1. The molecule has 2 amide bonds. The Kier molecular flexibility index (Phi) is 6.95. The molecule has 0 aliphatic heterocycles. The molecule has 0 aliphatic carbocycles. The van der Waals surface area contributed by atoms with Gasteiger partial charge in [0.15, 0.2) is 10.9 Å². The maximum Gasteiger partial charge on any atom is 0.287 e. The van der Waals surface area contributed by atoms with Crippen molar-refractivity contribution < 1.29 is 18.4 Å². The summed E-state index contributed by atoms with van der Waals surface area (Å²) in [4.78, 5) is 31.1. The van der Waals surface area contributed by atoms with Gasteiger partial charge in [0.05, 0.1) is 12.0 Å². The summed E-state index contributed by atoms with van der Waals surface area (Å²) in [6.45, 7) is 1.87. The normalized spacial score (nSPS) is 11.7. The molecule has 2 heterocycles. The first kappa shape index (κ1) is 22.4. The van der Waals surface area contributed by atoms with Gasteiger partial charge in [0.2, 0.25) is 5.91 Å². The van der Waals surface area contributed by atoms with Crippen LogP contribution in [0.1, 0.15) is 32.3 Å². The molecule has 2 N–H and O–H groups in total. The van der Waals surface area contributed by atoms with Crippen LogP contribution in [0, 0.1) is 12.7 Å². The summed E-state index contributed by atoms with van der Waals surface area (Å²) >= 11 is 1.36. The van der Waals surface area contributed by atoms with Crippen molar-refractivity contribution in [3.05, 3.63) is 106 Å². The van der Waals surface area contributed by atoms with Gasteiger partial charge in [-0.3, -0.25) is 9.59 Å². The molecule has 0 saturated carbocycles. The zero-order valence-electron chi connectivity index (χ0n) is 17.9. The predicted molar refractivity (Wildman–Crippen MR) is 125 cm³/mol. The van der Waals surface area contributed by atoms with E-state index in [0.717, 1.165) is 21.7 Å². The van der Waals surface area contributed by atoms with Crippen LogP contribution in [0.2, 0.25) is 0 Å². The molecule has 1 atom stereocenters. The minimum Gasteiger partial charge on any atom is -0.459 e. The summed E-state index contributed by atoms with van der Waals surface area (Å²) in [6, 6.07) is 18.1. The van der Waals surface area contributed by atoms with E-state index >= 15 is 0 Å². The lowest BCUT2D eigenvalue weighted by atomic mass is 10.1. The third kappa shape index (κ3) is 5.93. The largest absolute Gasteiger partial charge is 0.459 e. The number of hydrogen-bond acceptors (Lipinski definition) is 5. The maximum atomic E-state index is 13.2. The molecule has 0 radical (unpaired) electrons. The highest BCUT2D eigenvalue weighted by molar-refractivity contribution is 7.15. The van der Waals surface area contributed by atoms with Crippen molar-refractivity contribution >= 4 is 28.3 Å². The van der Waals surface area contributed by atoms with E-state index in [1.807, 2.05) is 37.3 Å². The number of carbonyl (C=O) groups is 2. The standard InChI is InChI=1S/C25H22FN3O3S/c1-16-22(15-18-9-11-19(26)12-10-18)33-25(27-16)29-23(30)20(14-17-6-3-2-4-7-17)28-24(31)21-8-5-13-32-21/h2-13,20H,14-15H2,1H3,(H,28,31)(H,27,29,30). The van der Waals surface area contributed by atoms with Crippen molar-refractivity contribution in [3.8, 4) is 0 Å². The Labute approximate surface area is 194 Å². The summed E-state index contributed by atoms with van der Waals surface area (Å²) in [5, 5.41) is 6.03. The topological polar surface area (TPSA) is 84.2 Å². The van der Waals surface area contributed by atoms with E-state index in [-0.39, 0.29) is 17.5 Å². The SMILES string of the molecule is Cc1nc(NC(=O)C(Cc2ccccc2)NC(=O)c2ccco2)sc1Cc1ccc(F)cc1. The Hall–Kier alpha value is -3.78. The smallest absolute Gasteiger partial charge is 0.287 e. The van der Waals surface area contributed by atoms with E-state index in [0.29, 0.717) is 18.0 Å². The van der Waals surface area contributed by atoms with Crippen LogP contribution < -0.4 is 10.6 Å². The van der Waals surface area contributed by atoms with Crippen LogP contribution in [0.5, 0.6) is 0 Å². The second-order valence-corrected chi connectivity index (χ2v) is 8.60. The first-order chi connectivity index (χ1) is 16.0. The summed E-state index contributed by atoms with van der Waals surface area (Å²) in [5.41, 5.74) is 2.65. The number of rotatable bonds is 8. The molecule has 0 saturated heterocycles. The van der Waals surface area contributed by atoms with E-state index in [1.54, 1.807) is 24.3 Å². The van der Waals surface area contributed by atoms with Gasteiger partial charge in [-0.25, -0.2) is 9.37 Å². The van der Waals surface area contributed by atoms with Crippen molar-refractivity contribution in [2.45, 2.75) is 25.8 Å². The number of thiazole rings is 1. The quantitative estimate of drug-likeness (QED) is 0.395. The minimum absolute atomic E-state index is 0.132. The van der Waals surface area contributed by atoms with Crippen LogP contribution in [0.15, 0.2) is 77.4 Å². The Balaban J connectivity index is 1.48. The number of amides is 2. The second kappa shape index (κ2) is 10.2. The van der Waals surface area contributed by atoms with Gasteiger partial charge in [0.25, 0.3) is 5.91 Å². The number of anilines is 1. The van der Waals surface area contributed by atoms with Crippen LogP contribution in [0.4, 0.5) is 9.52 Å². The molecule has 33 heavy (non-hydrogen) atoms. The molecular weight excluding hydrogens is 441 g/mol. The second-order valence-electron chi connectivity index (χ2n) is 7.51. The molecule has 4 rings (SSSR count). The highest BCUT2D eigenvalue weighted by Crippen LogP contribution is 2.25. The first-order valence-corrected chi connectivity index (χ1v) is 11.2. The minimum atomic E-state index is -0.824. The molecule has 168 valence electrons. The molecule has 0 bridgehead atoms. The fourth-order valence-electron chi connectivity index (χ4n) is 3.32. The fourth-order valence-corrected chi connectivity index (χ4v) is 4.32. The number of carbonyl (C=O) groups excluding carboxylic acids is 2. The number of aromatic nitrogens is 1. The summed E-state index contributed by atoms with van der Waals surface area (Å²) in [7, 11) is 0. The third-order valence-corrected chi connectivity index (χ3v) is 6.12. The highest BCUT2D eigenvalue weighted by atomic mass is 32.1. The lowest BCUT2D eigenvalue weighted by Crippen LogP contribution is -2.45. The van der Waals surface area contributed by atoms with Crippen LogP contribution in [0.25, 0.3) is 0 Å². The molecule has 4 aromatic rings. The number of nitrogens with one attached hydrogen (secondary N) is 2. The molecule has 0 aliphatic rings. The van der Waals surface area contributed by atoms with Crippen LogP contribution in [-0.4, -0.2) is 22.8 Å². The molecular formula is C25H22FN3O3S. The molecule has 0 fully saturated rings. The van der Waals surface area contributed by atoms with E-state index < -0.39 is 11.9 Å². The lowest BCUT2D eigenvalue weighted by molar-refractivity contribution is -0.118. The first-order valence-electron chi connectivity index (χ1n) is 10.4. The monoisotopic (exact) mass is 463 g/mol. The van der Waals surface area contributed by atoms with Gasteiger partial charge in [0, 0.05) is 17.7 Å². The molecule has 6 nitrogen and oxygen atoms in total. The number of benzene rings is 2. The van der Waals surface area contributed by atoms with Gasteiger partial charge in [-0.05, 0) is 42.3 Å². The summed E-state index contributed by atoms with van der Waals surface area (Å²) < 4.78 is 18.3. The Morgan fingerprint density at radius 3 is 2.48 bits per heavy atom. The molecule has 0 spiro atoms. The Morgan fingerprint density at radius 2 is 1.79 bits per heavy atom. The lowest BCUT2D eigenvalue weighted by Gasteiger charge is -2.17. The zero-order valence-corrected chi connectivity index (χ0v) is 18.7. The van der Waals surface area contributed by atoms with Gasteiger partial charge < -0.3 is 15.1 Å². The van der Waals surface area contributed by atoms with Crippen LogP contribution >= 0.6 is 11.3 Å². The molecule has 2 aromatic heterocycles. The Bertz CT molecular complexity index is 1220. The van der Waals surface area contributed by atoms with E-state index in [9.17, 15) is 14.0 Å². The molecule has 2 aromatic carbocycles. The van der Waals surface area contributed by atoms with Crippen LogP contribution in [-0.2, 0) is 17.6 Å². The van der Waals surface area contributed by atoms with Crippen molar-refractivity contribution in [2.24, 2.45) is 0 Å². The van der Waals surface area contributed by atoms with Crippen molar-refractivity contribution in [1.29, 1.82) is 0 Å². The van der Waals surface area contributed by atoms with Gasteiger partial charge in [-0.1, -0.05) is 42.5 Å². The molecule has 8 heteroatoms. The Morgan fingerprint density at radius 1 is 1.03 bits per heavy atom. The number of aryl methyl sites for hydroxylation is 1. The van der Waals surface area contributed by atoms with Crippen molar-refractivity contribution in [1.82, 2.24) is 10.3 Å². The maximum absolute atomic E-state index is 13.2. The van der Waals surface area contributed by atoms with Gasteiger partial charge in [-0.15, -0.1) is 11.3 Å². The third-order valence-electron chi connectivity index (χ3n) is 5.05. The number of halogens is 1. The van der Waals surface area contributed by atoms with Crippen molar-refractivity contribution in [3.63, 3.8) is 0 Å². The average Bonchev–Trinajstić information content (AvgIpc) is 3.46. The van der Waals surface area contributed by atoms with Gasteiger partial charge in [0.1, 0.15) is 11.9 Å². The zero-order chi connectivity index (χ0) is 23.2.